The quantitative estimate of drug-likeness (QED) is 0.819. The second-order valence-electron chi connectivity index (χ2n) is 6.77. The van der Waals surface area contributed by atoms with E-state index in [1.807, 2.05) is 10.9 Å². The molecule has 130 valence electrons. The maximum absolute atomic E-state index is 12.4. The molecule has 6 nitrogen and oxygen atoms in total. The Morgan fingerprint density at radius 2 is 2.17 bits per heavy atom. The van der Waals surface area contributed by atoms with Crippen LogP contribution in [0.25, 0.3) is 0 Å². The van der Waals surface area contributed by atoms with Crippen LogP contribution in [0.4, 0.5) is 5.69 Å². The van der Waals surface area contributed by atoms with Gasteiger partial charge in [0.1, 0.15) is 0 Å². The molecule has 0 amide bonds. The van der Waals surface area contributed by atoms with Gasteiger partial charge in [0, 0.05) is 6.20 Å². The number of hydrogen-bond acceptors (Lipinski definition) is 4. The molecule has 0 aromatic carbocycles. The van der Waals surface area contributed by atoms with Crippen LogP contribution in [-0.4, -0.2) is 43.2 Å². The molecule has 4 rings (SSSR count). The molecule has 2 aliphatic carbocycles. The Morgan fingerprint density at radius 1 is 1.29 bits per heavy atom. The minimum absolute atomic E-state index is 0.0652. The van der Waals surface area contributed by atoms with E-state index in [1.54, 1.807) is 6.20 Å². The molecule has 1 saturated heterocycles. The van der Waals surface area contributed by atoms with Gasteiger partial charge in [0.25, 0.3) is 0 Å². The zero-order valence-corrected chi connectivity index (χ0v) is 14.5. The van der Waals surface area contributed by atoms with Gasteiger partial charge < -0.3 is 4.74 Å². The van der Waals surface area contributed by atoms with Crippen LogP contribution in [0.5, 0.6) is 0 Å². The van der Waals surface area contributed by atoms with E-state index in [0.29, 0.717) is 31.3 Å². The molecule has 2 fully saturated rings. The van der Waals surface area contributed by atoms with Crippen molar-refractivity contribution in [1.29, 1.82) is 0 Å². The molecular formula is C17H23N3O3S. The molecule has 1 aliphatic heterocycles. The molecule has 1 aromatic heterocycles. The second-order valence-corrected chi connectivity index (χ2v) is 8.78. The summed E-state index contributed by atoms with van der Waals surface area (Å²) in [5.74, 6) is 0.130. The number of allylic oxidation sites excluding steroid dienone is 3. The molecule has 0 spiro atoms. The number of ether oxygens (including phenoxy) is 1. The molecule has 1 aromatic rings. The van der Waals surface area contributed by atoms with Crippen LogP contribution in [0, 0.1) is 0 Å². The van der Waals surface area contributed by atoms with Crippen molar-refractivity contribution in [3.8, 4) is 0 Å². The highest BCUT2D eigenvalue weighted by Gasteiger charge is 2.34. The highest BCUT2D eigenvalue weighted by Crippen LogP contribution is 2.35. The predicted octanol–water partition coefficient (Wildman–Crippen LogP) is 2.42. The van der Waals surface area contributed by atoms with E-state index in [1.165, 1.54) is 9.88 Å². The zero-order chi connectivity index (χ0) is 16.6. The van der Waals surface area contributed by atoms with Gasteiger partial charge in [-0.2, -0.15) is 5.10 Å². The predicted molar refractivity (Wildman–Crippen MR) is 92.4 cm³/mol. The first kappa shape index (κ1) is 15.9. The van der Waals surface area contributed by atoms with Gasteiger partial charge in [-0.05, 0) is 37.7 Å². The Labute approximate surface area is 142 Å². The van der Waals surface area contributed by atoms with Crippen molar-refractivity contribution in [1.82, 2.24) is 9.78 Å². The van der Waals surface area contributed by atoms with Crippen LogP contribution < -0.4 is 4.31 Å². The monoisotopic (exact) mass is 349 g/mol. The number of anilines is 1. The highest BCUT2D eigenvalue weighted by molar-refractivity contribution is 7.92. The number of nitrogens with zero attached hydrogens (tertiary/aromatic N) is 3. The topological polar surface area (TPSA) is 64.4 Å². The third kappa shape index (κ3) is 3.42. The van der Waals surface area contributed by atoms with Crippen LogP contribution in [-0.2, 0) is 14.8 Å². The molecule has 0 bridgehead atoms. The first-order valence-electron chi connectivity index (χ1n) is 8.62. The van der Waals surface area contributed by atoms with E-state index < -0.39 is 10.0 Å². The van der Waals surface area contributed by atoms with Crippen LogP contribution in [0.15, 0.2) is 36.2 Å². The van der Waals surface area contributed by atoms with Crippen molar-refractivity contribution in [2.45, 2.75) is 44.2 Å². The summed E-state index contributed by atoms with van der Waals surface area (Å²) in [6, 6.07) is 0.449. The van der Waals surface area contributed by atoms with E-state index >= 15 is 0 Å². The number of sulfonamides is 1. The molecule has 1 saturated carbocycles. The summed E-state index contributed by atoms with van der Waals surface area (Å²) < 4.78 is 34.2. The Kier molecular flexibility index (Phi) is 4.22. The molecule has 7 heteroatoms. The molecule has 1 atom stereocenters. The zero-order valence-electron chi connectivity index (χ0n) is 13.7. The van der Waals surface area contributed by atoms with Gasteiger partial charge in [-0.25, -0.2) is 8.42 Å². The van der Waals surface area contributed by atoms with Gasteiger partial charge in [0.2, 0.25) is 10.0 Å². The SMILES string of the molecule is O=S1(=O)CCC(OCC2=CC=CCC2)CN1c1cnn(C2CC2)c1. The summed E-state index contributed by atoms with van der Waals surface area (Å²) in [7, 11) is -3.27. The van der Waals surface area contributed by atoms with Crippen LogP contribution >= 0.6 is 0 Å². The maximum Gasteiger partial charge on any atom is 0.235 e. The fourth-order valence-corrected chi connectivity index (χ4v) is 4.77. The Bertz CT molecular complexity index is 762. The van der Waals surface area contributed by atoms with Crippen LogP contribution in [0.2, 0.25) is 0 Å². The van der Waals surface area contributed by atoms with E-state index in [-0.39, 0.29) is 11.9 Å². The number of hydrogen-bond donors (Lipinski definition) is 0. The first-order chi connectivity index (χ1) is 11.6. The summed E-state index contributed by atoms with van der Waals surface area (Å²) in [6.07, 6.45) is 14.6. The average Bonchev–Trinajstić information content (AvgIpc) is 3.32. The van der Waals surface area contributed by atoms with E-state index in [9.17, 15) is 8.42 Å². The van der Waals surface area contributed by atoms with E-state index in [0.717, 1.165) is 25.7 Å². The summed E-state index contributed by atoms with van der Waals surface area (Å²) >= 11 is 0. The van der Waals surface area contributed by atoms with Crippen molar-refractivity contribution >= 4 is 15.7 Å². The summed E-state index contributed by atoms with van der Waals surface area (Å²) in [6.45, 7) is 0.964. The van der Waals surface area contributed by atoms with Gasteiger partial charge in [0.15, 0.2) is 0 Å². The first-order valence-corrected chi connectivity index (χ1v) is 10.2. The molecule has 2 heterocycles. The van der Waals surface area contributed by atoms with E-state index in [2.05, 4.69) is 23.3 Å². The normalized spacial score (nSPS) is 26.4. The molecule has 0 N–H and O–H groups in total. The lowest BCUT2D eigenvalue weighted by molar-refractivity contribution is 0.0706. The number of rotatable bonds is 5. The summed E-state index contributed by atoms with van der Waals surface area (Å²) in [4.78, 5) is 0. The lowest BCUT2D eigenvalue weighted by Gasteiger charge is -2.32. The van der Waals surface area contributed by atoms with Gasteiger partial charge in [-0.15, -0.1) is 0 Å². The standard InChI is InChI=1S/C17H23N3O3S/c21-24(22)9-8-17(23-13-14-4-2-1-3-5-14)12-20(24)16-10-18-19(11-16)15-6-7-15/h1-2,4,10-11,15,17H,3,5-9,12-13H2. The summed E-state index contributed by atoms with van der Waals surface area (Å²) in [5.41, 5.74) is 1.94. The van der Waals surface area contributed by atoms with Gasteiger partial charge in [-0.1, -0.05) is 18.2 Å². The smallest absolute Gasteiger partial charge is 0.235 e. The van der Waals surface area contributed by atoms with Gasteiger partial charge in [-0.3, -0.25) is 8.99 Å². The maximum atomic E-state index is 12.4. The summed E-state index contributed by atoms with van der Waals surface area (Å²) in [5, 5.41) is 4.32. The van der Waals surface area contributed by atoms with Gasteiger partial charge >= 0.3 is 0 Å². The third-order valence-corrected chi connectivity index (χ3v) is 6.59. The lowest BCUT2D eigenvalue weighted by Crippen LogP contribution is -2.45. The molecule has 3 aliphatic rings. The Balaban J connectivity index is 1.43. The van der Waals surface area contributed by atoms with Crippen molar-refractivity contribution in [3.63, 3.8) is 0 Å². The van der Waals surface area contributed by atoms with Crippen molar-refractivity contribution in [3.05, 3.63) is 36.2 Å². The second kappa shape index (κ2) is 6.37. The molecule has 0 radical (unpaired) electrons. The lowest BCUT2D eigenvalue weighted by atomic mass is 10.1. The third-order valence-electron chi connectivity index (χ3n) is 4.80. The number of aromatic nitrogens is 2. The van der Waals surface area contributed by atoms with Crippen molar-refractivity contribution < 1.29 is 13.2 Å². The van der Waals surface area contributed by atoms with Crippen LogP contribution in [0.1, 0.15) is 38.1 Å². The molecule has 24 heavy (non-hydrogen) atoms. The van der Waals surface area contributed by atoms with Crippen molar-refractivity contribution in [2.75, 3.05) is 23.2 Å². The minimum atomic E-state index is -3.27. The highest BCUT2D eigenvalue weighted by atomic mass is 32.2. The largest absolute Gasteiger partial charge is 0.372 e. The average molecular weight is 349 g/mol. The fourth-order valence-electron chi connectivity index (χ4n) is 3.18. The van der Waals surface area contributed by atoms with E-state index in [4.69, 9.17) is 4.74 Å². The Hall–Kier alpha value is -1.60. The minimum Gasteiger partial charge on any atom is -0.372 e. The van der Waals surface area contributed by atoms with Crippen molar-refractivity contribution in [2.24, 2.45) is 0 Å². The Morgan fingerprint density at radius 3 is 2.92 bits per heavy atom. The van der Waals surface area contributed by atoms with Gasteiger partial charge in [0.05, 0.1) is 42.9 Å². The molecular weight excluding hydrogens is 326 g/mol. The van der Waals surface area contributed by atoms with Crippen LogP contribution in [0.3, 0.4) is 0 Å². The molecule has 1 unspecified atom stereocenters. The fraction of sp³-hybridized carbons (Fsp3) is 0.588.